The molecule has 7 atom stereocenters. The number of hydrogen-bond acceptors (Lipinski definition) is 12. The number of hydrogen-bond donors (Lipinski definition) is 5. The van der Waals surface area contributed by atoms with Gasteiger partial charge < -0.3 is 9.84 Å². The van der Waals surface area contributed by atoms with Crippen LogP contribution in [0, 0.1) is 0 Å². The van der Waals surface area contributed by atoms with E-state index < -0.39 is 90.5 Å². The molecule has 0 saturated carbocycles. The van der Waals surface area contributed by atoms with Crippen molar-refractivity contribution in [2.75, 3.05) is 26.4 Å². The molecule has 1 saturated heterocycles. The summed E-state index contributed by atoms with van der Waals surface area (Å²) < 4.78 is 49.3. The number of carbonyl (C=O) groups is 1. The molecule has 0 aliphatic carbocycles. The zero-order chi connectivity index (χ0) is 35.8. The third kappa shape index (κ3) is 24.0. The van der Waals surface area contributed by atoms with Crippen molar-refractivity contribution in [1.29, 1.82) is 0 Å². The molecule has 1 aliphatic rings. The average molecular weight is 777 g/mol. The van der Waals surface area contributed by atoms with E-state index in [1.165, 1.54) is 83.5 Å². The second kappa shape index (κ2) is 26.5. The van der Waals surface area contributed by atoms with E-state index in [9.17, 15) is 38.4 Å². The van der Waals surface area contributed by atoms with Crippen LogP contribution in [0.2, 0.25) is 16.6 Å². The topological polar surface area (TPSA) is 199 Å². The van der Waals surface area contributed by atoms with Gasteiger partial charge in [0.1, 0.15) is 12.7 Å². The maximum atomic E-state index is 12.1. The Morgan fingerprint density at radius 1 is 0.729 bits per heavy atom. The quantitative estimate of drug-likeness (QED) is 0.0255. The molecule has 1 rings (SSSR count). The van der Waals surface area contributed by atoms with Crippen molar-refractivity contribution in [3.05, 3.63) is 0 Å². The van der Waals surface area contributed by atoms with Gasteiger partial charge >= 0.3 is 141 Å². The molecule has 15 heteroatoms. The first-order valence-electron chi connectivity index (χ1n) is 18.0. The first-order valence-corrected chi connectivity index (χ1v) is 25.4. The SMILES string of the molecule is CCCCCCCCCCCCCCCCCCCC(=O)OCC(O)COP(=O)(O)OCC(O)COC1OC(C[As](C)(C)=O)C(O)C1O. The van der Waals surface area contributed by atoms with Crippen LogP contribution >= 0.6 is 7.82 Å². The summed E-state index contributed by atoms with van der Waals surface area (Å²) in [7, 11) is -4.67. The Bertz CT molecular complexity index is 920. The number of phosphoric ester groups is 1. The average Bonchev–Trinajstić information content (AvgIpc) is 3.28. The monoisotopic (exact) mass is 776 g/mol. The van der Waals surface area contributed by atoms with Crippen molar-refractivity contribution < 1.29 is 61.7 Å². The molecule has 5 N–H and O–H groups in total. The van der Waals surface area contributed by atoms with Crippen molar-refractivity contribution >= 4 is 27.3 Å². The van der Waals surface area contributed by atoms with Gasteiger partial charge in [-0.1, -0.05) is 110 Å². The van der Waals surface area contributed by atoms with Crippen LogP contribution in [-0.2, 0) is 36.4 Å². The van der Waals surface area contributed by atoms with E-state index in [2.05, 4.69) is 6.92 Å². The second-order valence-corrected chi connectivity index (χ2v) is 22.4. The zero-order valence-electron chi connectivity index (χ0n) is 29.6. The van der Waals surface area contributed by atoms with Crippen molar-refractivity contribution in [2.24, 2.45) is 0 Å². The van der Waals surface area contributed by atoms with Crippen molar-refractivity contribution in [2.45, 2.75) is 176 Å². The molecular weight excluding hydrogens is 710 g/mol. The van der Waals surface area contributed by atoms with E-state index in [1.54, 1.807) is 11.4 Å². The normalized spacial score (nSPS) is 22.4. The van der Waals surface area contributed by atoms with Gasteiger partial charge in [0.15, 0.2) is 0 Å². The molecule has 286 valence electrons. The summed E-state index contributed by atoms with van der Waals surface area (Å²) in [5, 5.41) is 40.3. The maximum absolute atomic E-state index is 12.1. The Hall–Kier alpha value is -0.302. The van der Waals surface area contributed by atoms with Crippen molar-refractivity contribution in [3.8, 4) is 0 Å². The van der Waals surface area contributed by atoms with Crippen LogP contribution in [-0.4, -0.2) is 108 Å². The standard InChI is InChI=1S/C33H66AsO13P/c1-4-5-6-7-8-9-10-11-12-13-14-15-16-17-18-19-20-21-30(37)43-23-27(35)25-45-48(41,42)46-26-28(36)24-44-33-32(39)31(38)29(47-33)22-34(2,3)40/h27-29,31-33,35-36,38-39H,4-26H2,1-3H3,(H,41,42). The molecule has 0 aromatic heterocycles. The number of phosphoric acid groups is 1. The Kier molecular flexibility index (Phi) is 25.2. The van der Waals surface area contributed by atoms with Crippen LogP contribution in [0.3, 0.4) is 0 Å². The predicted octanol–water partition coefficient (Wildman–Crippen LogP) is 5.53. The molecule has 0 bridgehead atoms. The molecule has 0 aromatic rings. The van der Waals surface area contributed by atoms with E-state index in [0.717, 1.165) is 19.3 Å². The number of ether oxygens (including phenoxy) is 3. The number of unbranched alkanes of at least 4 members (excludes halogenated alkanes) is 16. The van der Waals surface area contributed by atoms with Gasteiger partial charge in [0.25, 0.3) is 0 Å². The predicted molar refractivity (Wildman–Crippen MR) is 183 cm³/mol. The Balaban J connectivity index is 2.02. The molecule has 0 amide bonds. The Labute approximate surface area is 290 Å². The van der Waals surface area contributed by atoms with Crippen LogP contribution in [0.25, 0.3) is 0 Å². The summed E-state index contributed by atoms with van der Waals surface area (Å²) in [5.74, 6) is -0.462. The number of esters is 1. The van der Waals surface area contributed by atoms with Gasteiger partial charge in [-0.25, -0.2) is 0 Å². The van der Waals surface area contributed by atoms with Gasteiger partial charge in [-0.05, 0) is 6.42 Å². The summed E-state index contributed by atoms with van der Waals surface area (Å²) in [6.45, 7) is 0.0449. The molecular formula is C33H66AsO13P. The van der Waals surface area contributed by atoms with Crippen LogP contribution in [0.4, 0.5) is 0 Å². The van der Waals surface area contributed by atoms with Crippen LogP contribution in [0.15, 0.2) is 0 Å². The van der Waals surface area contributed by atoms with E-state index in [0.29, 0.717) is 6.42 Å². The third-order valence-electron chi connectivity index (χ3n) is 8.17. The summed E-state index contributed by atoms with van der Waals surface area (Å²) in [6.07, 6.45) is 13.8. The number of carbonyl (C=O) groups excluding carboxylic acids is 1. The molecule has 0 aromatic carbocycles. The molecule has 48 heavy (non-hydrogen) atoms. The molecule has 7 unspecified atom stereocenters. The summed E-state index contributed by atoms with van der Waals surface area (Å²) >= 11 is -3.17. The fourth-order valence-electron chi connectivity index (χ4n) is 5.39. The van der Waals surface area contributed by atoms with E-state index in [1.807, 2.05) is 0 Å². The number of aliphatic hydroxyl groups is 4. The van der Waals surface area contributed by atoms with Crippen molar-refractivity contribution in [1.82, 2.24) is 0 Å². The molecule has 0 spiro atoms. The molecule has 1 heterocycles. The van der Waals surface area contributed by atoms with Gasteiger partial charge in [-0.2, -0.15) is 0 Å². The minimum absolute atomic E-state index is 0.0949. The van der Waals surface area contributed by atoms with Gasteiger partial charge in [0, 0.05) is 6.42 Å². The molecule has 0 radical (unpaired) electrons. The Morgan fingerprint density at radius 3 is 1.62 bits per heavy atom. The van der Waals surface area contributed by atoms with Gasteiger partial charge in [0.2, 0.25) is 0 Å². The fraction of sp³-hybridized carbons (Fsp3) is 0.970. The molecule has 1 aliphatic heterocycles. The Morgan fingerprint density at radius 2 is 1.17 bits per heavy atom. The van der Waals surface area contributed by atoms with Gasteiger partial charge in [-0.3, -0.25) is 4.79 Å². The van der Waals surface area contributed by atoms with Crippen LogP contribution in [0.1, 0.15) is 122 Å². The van der Waals surface area contributed by atoms with E-state index in [4.69, 9.17) is 23.3 Å². The first kappa shape index (κ1) is 45.7. The summed E-state index contributed by atoms with van der Waals surface area (Å²) in [4.78, 5) is 21.8. The summed E-state index contributed by atoms with van der Waals surface area (Å²) in [5.41, 5.74) is 3.17. The molecule has 1 fully saturated rings. The third-order valence-corrected chi connectivity index (χ3v) is 11.7. The number of rotatable bonds is 31. The van der Waals surface area contributed by atoms with Crippen molar-refractivity contribution in [3.63, 3.8) is 0 Å². The fourth-order valence-corrected chi connectivity index (χ4v) is 8.64. The second-order valence-electron chi connectivity index (χ2n) is 13.6. The van der Waals surface area contributed by atoms with Gasteiger partial charge in [-0.15, -0.1) is 0 Å². The summed E-state index contributed by atoms with van der Waals surface area (Å²) in [6, 6.07) is 0. The minimum atomic E-state index is -4.67. The van der Waals surface area contributed by atoms with Crippen LogP contribution < -0.4 is 0 Å². The van der Waals surface area contributed by atoms with E-state index in [-0.39, 0.29) is 11.6 Å². The van der Waals surface area contributed by atoms with E-state index >= 15 is 0 Å². The number of aliphatic hydroxyl groups excluding tert-OH is 4. The van der Waals surface area contributed by atoms with Gasteiger partial charge in [0.05, 0.1) is 0 Å². The first-order chi connectivity index (χ1) is 22.7. The molecule has 13 nitrogen and oxygen atoms in total. The zero-order valence-corrected chi connectivity index (χ0v) is 32.4. The van der Waals surface area contributed by atoms with Crippen LogP contribution in [0.5, 0.6) is 0 Å².